The van der Waals surface area contributed by atoms with Crippen molar-refractivity contribution in [1.82, 2.24) is 14.7 Å². The third-order valence-electron chi connectivity index (χ3n) is 3.96. The van der Waals surface area contributed by atoms with Crippen molar-refractivity contribution < 1.29 is 22.7 Å². The molecule has 1 aromatic heterocycles. The van der Waals surface area contributed by atoms with E-state index >= 15 is 0 Å². The van der Waals surface area contributed by atoms with Gasteiger partial charge in [0.2, 0.25) is 0 Å². The van der Waals surface area contributed by atoms with Crippen LogP contribution < -0.4 is 0 Å². The summed E-state index contributed by atoms with van der Waals surface area (Å²) in [4.78, 5) is 13.8. The number of fused-ring (bicyclic) bond motifs is 1. The molecule has 1 amide bonds. The maximum atomic E-state index is 12.7. The fourth-order valence-corrected chi connectivity index (χ4v) is 2.72. The van der Waals surface area contributed by atoms with Crippen LogP contribution in [0.25, 0.3) is 11.3 Å². The number of hydrogen-bond acceptors (Lipinski definition) is 3. The first-order valence-corrected chi connectivity index (χ1v) is 8.25. The Morgan fingerprint density at radius 3 is 2.35 bits per heavy atom. The van der Waals surface area contributed by atoms with Crippen LogP contribution in [0.2, 0.25) is 0 Å². The fourth-order valence-electron chi connectivity index (χ4n) is 2.72. The molecule has 140 valence electrons. The number of nitrogens with zero attached hydrogens (tertiary/aromatic N) is 3. The zero-order valence-corrected chi connectivity index (χ0v) is 14.8. The van der Waals surface area contributed by atoms with Gasteiger partial charge in [-0.25, -0.2) is 4.79 Å². The molecule has 0 spiro atoms. The van der Waals surface area contributed by atoms with E-state index in [1.807, 2.05) is 20.8 Å². The minimum absolute atomic E-state index is 0.350. The first-order chi connectivity index (χ1) is 12.0. The lowest BCUT2D eigenvalue weighted by atomic mass is 10.1. The lowest BCUT2D eigenvalue weighted by Gasteiger charge is -2.30. The number of carbonyl (C=O) groups excluding carboxylic acids is 1. The number of hydrogen-bond donors (Lipinski definition) is 0. The lowest BCUT2D eigenvalue weighted by Crippen LogP contribution is -2.41. The van der Waals surface area contributed by atoms with E-state index in [0.717, 1.165) is 17.8 Å². The molecule has 0 bridgehead atoms. The Kier molecular flexibility index (Phi) is 4.46. The second-order valence-electron chi connectivity index (χ2n) is 7.22. The summed E-state index contributed by atoms with van der Waals surface area (Å²) < 4.78 is 45.2. The van der Waals surface area contributed by atoms with Crippen molar-refractivity contribution in [3.63, 3.8) is 0 Å². The number of amides is 1. The molecule has 1 aliphatic heterocycles. The summed E-state index contributed by atoms with van der Waals surface area (Å²) in [7, 11) is 0. The number of rotatable bonds is 1. The van der Waals surface area contributed by atoms with Gasteiger partial charge in [-0.15, -0.1) is 0 Å². The van der Waals surface area contributed by atoms with Crippen LogP contribution in [-0.2, 0) is 24.0 Å². The number of aromatic nitrogens is 2. The second kappa shape index (κ2) is 6.34. The monoisotopic (exact) mass is 367 g/mol. The van der Waals surface area contributed by atoms with Gasteiger partial charge in [-0.1, -0.05) is 12.1 Å². The average Bonchev–Trinajstić information content (AvgIpc) is 2.95. The van der Waals surface area contributed by atoms with Crippen LogP contribution in [0.3, 0.4) is 0 Å². The van der Waals surface area contributed by atoms with Crippen molar-refractivity contribution in [2.45, 2.75) is 45.6 Å². The third kappa shape index (κ3) is 4.00. The average molecular weight is 367 g/mol. The molecule has 0 fully saturated rings. The number of carbonyl (C=O) groups is 1. The van der Waals surface area contributed by atoms with Gasteiger partial charge in [0.05, 0.1) is 30.0 Å². The molecule has 3 rings (SSSR count). The van der Waals surface area contributed by atoms with Crippen LogP contribution in [0.4, 0.5) is 18.0 Å². The van der Waals surface area contributed by atoms with Gasteiger partial charge >= 0.3 is 12.3 Å². The normalized spacial score (nSPS) is 14.9. The van der Waals surface area contributed by atoms with Crippen molar-refractivity contribution in [2.75, 3.05) is 6.54 Å². The molecule has 8 heteroatoms. The molecule has 0 atom stereocenters. The number of alkyl halides is 3. The highest BCUT2D eigenvalue weighted by Crippen LogP contribution is 2.31. The Morgan fingerprint density at radius 1 is 1.12 bits per heavy atom. The van der Waals surface area contributed by atoms with E-state index in [9.17, 15) is 18.0 Å². The molecule has 1 aliphatic rings. The van der Waals surface area contributed by atoms with Crippen molar-refractivity contribution in [1.29, 1.82) is 0 Å². The van der Waals surface area contributed by atoms with Gasteiger partial charge in [0.15, 0.2) is 0 Å². The van der Waals surface area contributed by atoms with Crippen LogP contribution in [0.5, 0.6) is 0 Å². The minimum atomic E-state index is -4.36. The highest BCUT2D eigenvalue weighted by atomic mass is 19.4. The molecule has 0 unspecified atom stereocenters. The zero-order valence-electron chi connectivity index (χ0n) is 14.8. The molecular weight excluding hydrogens is 347 g/mol. The topological polar surface area (TPSA) is 47.4 Å². The highest BCUT2D eigenvalue weighted by molar-refractivity contribution is 5.68. The van der Waals surface area contributed by atoms with E-state index in [1.165, 1.54) is 12.1 Å². The summed E-state index contributed by atoms with van der Waals surface area (Å²) in [6.07, 6.45) is -4.75. The van der Waals surface area contributed by atoms with Gasteiger partial charge in [-0.2, -0.15) is 18.3 Å². The largest absolute Gasteiger partial charge is 0.444 e. The molecule has 0 aliphatic carbocycles. The molecule has 0 saturated heterocycles. The van der Waals surface area contributed by atoms with Crippen molar-refractivity contribution in [3.05, 3.63) is 41.6 Å². The van der Waals surface area contributed by atoms with E-state index in [2.05, 4.69) is 5.10 Å². The quantitative estimate of drug-likeness (QED) is 0.754. The predicted molar refractivity (Wildman–Crippen MR) is 89.3 cm³/mol. The maximum Gasteiger partial charge on any atom is 0.416 e. The lowest BCUT2D eigenvalue weighted by molar-refractivity contribution is -0.137. The van der Waals surface area contributed by atoms with Crippen LogP contribution in [-0.4, -0.2) is 32.9 Å². The first kappa shape index (κ1) is 18.3. The Bertz CT molecular complexity index is 805. The van der Waals surface area contributed by atoms with Gasteiger partial charge in [-0.3, -0.25) is 4.68 Å². The molecule has 0 N–H and O–H groups in total. The first-order valence-electron chi connectivity index (χ1n) is 8.25. The van der Waals surface area contributed by atoms with E-state index in [1.54, 1.807) is 15.6 Å². The number of benzene rings is 1. The summed E-state index contributed by atoms with van der Waals surface area (Å²) in [5, 5.41) is 4.44. The summed E-state index contributed by atoms with van der Waals surface area (Å²) in [6.45, 7) is 6.75. The molecule has 1 aromatic carbocycles. The number of halogens is 3. The van der Waals surface area contributed by atoms with Crippen molar-refractivity contribution in [3.8, 4) is 11.3 Å². The predicted octanol–water partition coefficient (Wildman–Crippen LogP) is 4.32. The minimum Gasteiger partial charge on any atom is -0.444 e. The van der Waals surface area contributed by atoms with Gasteiger partial charge < -0.3 is 9.64 Å². The molecule has 2 heterocycles. The summed E-state index contributed by atoms with van der Waals surface area (Å²) in [5.74, 6) is 0. The maximum absolute atomic E-state index is 12.7. The molecule has 26 heavy (non-hydrogen) atoms. The van der Waals surface area contributed by atoms with Crippen LogP contribution >= 0.6 is 0 Å². The van der Waals surface area contributed by atoms with E-state index in [-0.39, 0.29) is 6.09 Å². The number of ether oxygens (including phenoxy) is 1. The fraction of sp³-hybridized carbons (Fsp3) is 0.444. The molecule has 0 saturated carbocycles. The molecule has 0 radical (unpaired) electrons. The zero-order chi connectivity index (χ0) is 19.1. The summed E-state index contributed by atoms with van der Waals surface area (Å²) in [6, 6.07) is 6.69. The Balaban J connectivity index is 1.76. The smallest absolute Gasteiger partial charge is 0.416 e. The highest BCUT2D eigenvalue weighted by Gasteiger charge is 2.30. The van der Waals surface area contributed by atoms with Crippen molar-refractivity contribution in [2.24, 2.45) is 0 Å². The molecule has 2 aromatic rings. The van der Waals surface area contributed by atoms with Gasteiger partial charge in [0, 0.05) is 12.1 Å². The Labute approximate surface area is 149 Å². The van der Waals surface area contributed by atoms with E-state index < -0.39 is 17.3 Å². The van der Waals surface area contributed by atoms with Gasteiger partial charge in [0.25, 0.3) is 0 Å². The Hall–Kier alpha value is -2.51. The van der Waals surface area contributed by atoms with Gasteiger partial charge in [-0.05, 0) is 39.0 Å². The van der Waals surface area contributed by atoms with Crippen molar-refractivity contribution >= 4 is 6.09 Å². The summed E-state index contributed by atoms with van der Waals surface area (Å²) in [5.41, 5.74) is 0.738. The standard InChI is InChI=1S/C18H20F3N3O2/c1-17(2,3)26-16(25)23-8-9-24-14(11-23)10-15(22-24)12-4-6-13(7-5-12)18(19,20)21/h4-7,10H,8-9,11H2,1-3H3. The Morgan fingerprint density at radius 2 is 1.77 bits per heavy atom. The second-order valence-corrected chi connectivity index (χ2v) is 7.22. The van der Waals surface area contributed by atoms with Crippen LogP contribution in [0.1, 0.15) is 32.0 Å². The van der Waals surface area contributed by atoms with Crippen LogP contribution in [0, 0.1) is 0 Å². The third-order valence-corrected chi connectivity index (χ3v) is 3.96. The SMILES string of the molecule is CC(C)(C)OC(=O)N1CCn2nc(-c3ccc(C(F)(F)F)cc3)cc2C1. The van der Waals surface area contributed by atoms with E-state index in [0.29, 0.717) is 30.9 Å². The van der Waals surface area contributed by atoms with Crippen LogP contribution in [0.15, 0.2) is 30.3 Å². The molecule has 5 nitrogen and oxygen atoms in total. The van der Waals surface area contributed by atoms with E-state index in [4.69, 9.17) is 4.74 Å². The van der Waals surface area contributed by atoms with Gasteiger partial charge in [0.1, 0.15) is 5.60 Å². The molecular formula is C18H20F3N3O2. The summed E-state index contributed by atoms with van der Waals surface area (Å²) >= 11 is 0.